The van der Waals surface area contributed by atoms with Gasteiger partial charge in [0.2, 0.25) is 0 Å². The van der Waals surface area contributed by atoms with Crippen molar-refractivity contribution in [1.82, 2.24) is 19.9 Å². The maximum Gasteiger partial charge on any atom is 0.164 e. The van der Waals surface area contributed by atoms with Crippen molar-refractivity contribution in [2.75, 3.05) is 0 Å². The Hall–Kier alpha value is -6.56. The predicted molar refractivity (Wildman–Crippen MR) is 225 cm³/mol. The van der Waals surface area contributed by atoms with Crippen molar-refractivity contribution in [2.45, 2.75) is 19.3 Å². The van der Waals surface area contributed by atoms with E-state index in [9.17, 15) is 0 Å². The van der Waals surface area contributed by atoms with Gasteiger partial charge in [-0.1, -0.05) is 141 Å². The quantitative estimate of drug-likeness (QED) is 0.171. The SMILES string of the molecule is CC1(C)c2ccccc2-c2cc(-c3nc(-c4ccccc4)nc(-c4ccc5sc6c(ccc7c(-c8ccccc8)nc8ccccc8c76)c5c4)n3)ccc21. The highest BCUT2D eigenvalue weighted by Gasteiger charge is 2.35. The fraction of sp³-hybridized carbons (Fsp3) is 0.0612. The molecule has 5 heteroatoms. The Bertz CT molecular complexity index is 3130. The maximum absolute atomic E-state index is 5.20. The number of hydrogen-bond donors (Lipinski definition) is 0. The van der Waals surface area contributed by atoms with Crippen LogP contribution in [0.25, 0.3) is 98.4 Å². The normalized spacial score (nSPS) is 13.1. The summed E-state index contributed by atoms with van der Waals surface area (Å²) in [6.07, 6.45) is 0. The van der Waals surface area contributed by atoms with Crippen LogP contribution in [0.1, 0.15) is 25.0 Å². The third kappa shape index (κ3) is 4.68. The van der Waals surface area contributed by atoms with Crippen LogP contribution in [0.5, 0.6) is 0 Å². The summed E-state index contributed by atoms with van der Waals surface area (Å²) in [7, 11) is 0. The van der Waals surface area contributed by atoms with Gasteiger partial charge in [0, 0.05) is 64.0 Å². The van der Waals surface area contributed by atoms with E-state index >= 15 is 0 Å². The standard InChI is InChI=1S/C49H32N4S/c1-49(2)39-19-11-9-17-33(39)37-27-31(21-25-40(37)49)47-51-46(30-15-7-4-8-16-30)52-48(53-47)32-22-26-42-38(28-32)34-23-24-36-43(45(34)54-42)35-18-10-12-20-41(35)50-44(36)29-13-5-3-6-14-29/h3-28H,1-2H3. The molecule has 3 aromatic heterocycles. The van der Waals surface area contributed by atoms with Gasteiger partial charge in [0.1, 0.15) is 0 Å². The Morgan fingerprint density at radius 3 is 1.83 bits per heavy atom. The molecule has 0 radical (unpaired) electrons. The van der Waals surface area contributed by atoms with Crippen LogP contribution in [0.15, 0.2) is 158 Å². The van der Waals surface area contributed by atoms with E-state index in [-0.39, 0.29) is 5.41 Å². The first-order valence-corrected chi connectivity index (χ1v) is 19.1. The lowest BCUT2D eigenvalue weighted by Crippen LogP contribution is -2.14. The number of benzene rings is 7. The topological polar surface area (TPSA) is 51.6 Å². The van der Waals surface area contributed by atoms with Gasteiger partial charge >= 0.3 is 0 Å². The van der Waals surface area contributed by atoms with Gasteiger partial charge < -0.3 is 0 Å². The molecule has 0 saturated heterocycles. The van der Waals surface area contributed by atoms with Crippen LogP contribution in [0.4, 0.5) is 0 Å². The molecule has 0 amide bonds. The summed E-state index contributed by atoms with van der Waals surface area (Å²) in [5.74, 6) is 1.98. The van der Waals surface area contributed by atoms with Crippen molar-refractivity contribution in [3.63, 3.8) is 0 Å². The molecular formula is C49H32N4S. The molecule has 1 aliphatic carbocycles. The molecule has 10 aromatic rings. The van der Waals surface area contributed by atoms with Gasteiger partial charge in [0.25, 0.3) is 0 Å². The summed E-state index contributed by atoms with van der Waals surface area (Å²) in [6, 6.07) is 55.8. The fourth-order valence-electron chi connectivity index (χ4n) is 8.43. The molecule has 0 saturated carbocycles. The Morgan fingerprint density at radius 1 is 0.426 bits per heavy atom. The van der Waals surface area contributed by atoms with Gasteiger partial charge in [-0.2, -0.15) is 0 Å². The largest absolute Gasteiger partial charge is 0.247 e. The zero-order valence-corrected chi connectivity index (χ0v) is 30.5. The monoisotopic (exact) mass is 708 g/mol. The molecule has 0 aliphatic heterocycles. The number of aromatic nitrogens is 4. The summed E-state index contributed by atoms with van der Waals surface area (Å²) in [6.45, 7) is 4.61. The van der Waals surface area contributed by atoms with E-state index in [4.69, 9.17) is 19.9 Å². The number of thiophene rings is 1. The molecule has 0 unspecified atom stereocenters. The Labute approximate surface area is 316 Å². The van der Waals surface area contributed by atoms with Crippen LogP contribution < -0.4 is 0 Å². The molecule has 0 N–H and O–H groups in total. The predicted octanol–water partition coefficient (Wildman–Crippen LogP) is 12.9. The summed E-state index contributed by atoms with van der Waals surface area (Å²) >= 11 is 1.84. The van der Waals surface area contributed by atoms with Crippen LogP contribution in [-0.2, 0) is 5.41 Å². The lowest BCUT2D eigenvalue weighted by Gasteiger charge is -2.21. The van der Waals surface area contributed by atoms with E-state index in [2.05, 4.69) is 153 Å². The molecule has 254 valence electrons. The summed E-state index contributed by atoms with van der Waals surface area (Å²) < 4.78 is 2.49. The van der Waals surface area contributed by atoms with E-state index < -0.39 is 0 Å². The average Bonchev–Trinajstić information content (AvgIpc) is 3.72. The first-order chi connectivity index (χ1) is 26.5. The smallest absolute Gasteiger partial charge is 0.164 e. The van der Waals surface area contributed by atoms with Crippen molar-refractivity contribution >= 4 is 53.2 Å². The zero-order chi connectivity index (χ0) is 36.0. The fourth-order valence-corrected chi connectivity index (χ4v) is 9.68. The maximum atomic E-state index is 5.20. The molecule has 3 heterocycles. The lowest BCUT2D eigenvalue weighted by atomic mass is 9.82. The Kier molecular flexibility index (Phi) is 6.73. The van der Waals surface area contributed by atoms with Crippen LogP contribution in [-0.4, -0.2) is 19.9 Å². The van der Waals surface area contributed by atoms with E-state index in [0.717, 1.165) is 38.9 Å². The highest BCUT2D eigenvalue weighted by molar-refractivity contribution is 7.26. The minimum Gasteiger partial charge on any atom is -0.247 e. The third-order valence-electron chi connectivity index (χ3n) is 11.1. The molecule has 0 spiro atoms. The van der Waals surface area contributed by atoms with Gasteiger partial charge in [-0.25, -0.2) is 19.9 Å². The first-order valence-electron chi connectivity index (χ1n) is 18.3. The Balaban J connectivity index is 1.11. The second kappa shape index (κ2) is 11.7. The summed E-state index contributed by atoms with van der Waals surface area (Å²) in [4.78, 5) is 20.6. The van der Waals surface area contributed by atoms with Crippen molar-refractivity contribution < 1.29 is 0 Å². The van der Waals surface area contributed by atoms with Gasteiger partial charge in [-0.05, 0) is 52.6 Å². The molecule has 11 rings (SSSR count). The minimum atomic E-state index is -0.0696. The number of rotatable bonds is 4. The number of para-hydroxylation sites is 1. The number of nitrogens with zero attached hydrogens (tertiary/aromatic N) is 4. The van der Waals surface area contributed by atoms with E-state index in [1.54, 1.807) is 0 Å². The Morgan fingerprint density at radius 2 is 1.04 bits per heavy atom. The average molecular weight is 709 g/mol. The van der Waals surface area contributed by atoms with Crippen LogP contribution in [0, 0.1) is 0 Å². The molecule has 0 bridgehead atoms. The van der Waals surface area contributed by atoms with Crippen molar-refractivity contribution in [2.24, 2.45) is 0 Å². The lowest BCUT2D eigenvalue weighted by molar-refractivity contribution is 0.660. The van der Waals surface area contributed by atoms with Crippen molar-refractivity contribution in [3.8, 4) is 56.5 Å². The van der Waals surface area contributed by atoms with Gasteiger partial charge in [-0.3, -0.25) is 0 Å². The second-order valence-corrected chi connectivity index (χ2v) is 15.7. The summed E-state index contributed by atoms with van der Waals surface area (Å²) in [5, 5.41) is 5.98. The number of hydrogen-bond acceptors (Lipinski definition) is 5. The molecule has 0 atom stereocenters. The van der Waals surface area contributed by atoms with Gasteiger partial charge in [0.05, 0.1) is 11.2 Å². The third-order valence-corrected chi connectivity index (χ3v) is 12.3. The molecule has 7 aromatic carbocycles. The van der Waals surface area contributed by atoms with E-state index in [1.165, 1.54) is 53.2 Å². The van der Waals surface area contributed by atoms with Crippen LogP contribution in [0.3, 0.4) is 0 Å². The highest BCUT2D eigenvalue weighted by Crippen LogP contribution is 2.49. The molecule has 0 fully saturated rings. The van der Waals surface area contributed by atoms with Crippen LogP contribution in [0.2, 0.25) is 0 Å². The van der Waals surface area contributed by atoms with E-state index in [0.29, 0.717) is 17.5 Å². The minimum absolute atomic E-state index is 0.0696. The molecular weight excluding hydrogens is 677 g/mol. The number of fused-ring (bicyclic) bond motifs is 10. The van der Waals surface area contributed by atoms with Crippen molar-refractivity contribution in [3.05, 3.63) is 169 Å². The zero-order valence-electron chi connectivity index (χ0n) is 29.7. The number of pyridine rings is 1. The van der Waals surface area contributed by atoms with E-state index in [1.807, 2.05) is 29.5 Å². The van der Waals surface area contributed by atoms with Crippen LogP contribution >= 0.6 is 11.3 Å². The highest BCUT2D eigenvalue weighted by atomic mass is 32.1. The molecule has 54 heavy (non-hydrogen) atoms. The van der Waals surface area contributed by atoms with Gasteiger partial charge in [-0.15, -0.1) is 11.3 Å². The summed E-state index contributed by atoms with van der Waals surface area (Å²) in [5.41, 5.74) is 11.1. The molecule has 1 aliphatic rings. The molecule has 4 nitrogen and oxygen atoms in total. The van der Waals surface area contributed by atoms with Crippen molar-refractivity contribution in [1.29, 1.82) is 0 Å². The first kappa shape index (κ1) is 31.0. The second-order valence-electron chi connectivity index (χ2n) is 14.6. The van der Waals surface area contributed by atoms with Gasteiger partial charge in [0.15, 0.2) is 17.5 Å².